The van der Waals surface area contributed by atoms with Crippen LogP contribution in [-0.2, 0) is 10.1 Å². The van der Waals surface area contributed by atoms with Crippen LogP contribution in [-0.4, -0.2) is 62.6 Å². The first-order valence-electron chi connectivity index (χ1n) is 8.69. The van der Waals surface area contributed by atoms with E-state index in [1.54, 1.807) is 13.2 Å². The molecule has 1 amide bonds. The Bertz CT molecular complexity index is 1220. The number of nitrogens with one attached hydrogen (secondary N) is 1. The van der Waals surface area contributed by atoms with Gasteiger partial charge in [-0.05, 0) is 24.3 Å². The zero-order valence-electron chi connectivity index (χ0n) is 17.3. The quantitative estimate of drug-likeness (QED) is 0.337. The molecule has 0 radical (unpaired) electrons. The number of halogens is 3. The van der Waals surface area contributed by atoms with E-state index in [9.17, 15) is 18.0 Å². The Morgan fingerprint density at radius 3 is 2.31 bits per heavy atom. The molecule has 0 spiro atoms. The van der Waals surface area contributed by atoms with Gasteiger partial charge in [0, 0.05) is 6.07 Å². The standard InChI is InChI=1S/C17H18N4O2S.CHF3O3S/c1-21(2,3)15-7-5-6-13(18-15)16(22)20-17-19-12-9-8-11(23-4)10-14(12)24-17;2-1(3,4)8(5,6)7/h5-10H,1-4H3;(H,5,6,7). The van der Waals surface area contributed by atoms with Crippen molar-refractivity contribution >= 4 is 48.5 Å². The summed E-state index contributed by atoms with van der Waals surface area (Å²) in [7, 11) is 1.55. The molecule has 0 saturated carbocycles. The minimum Gasteiger partial charge on any atom is -0.741 e. The second-order valence-corrected chi connectivity index (χ2v) is 9.50. The van der Waals surface area contributed by atoms with Crippen LogP contribution in [0.2, 0.25) is 0 Å². The van der Waals surface area contributed by atoms with Crippen molar-refractivity contribution in [2.45, 2.75) is 5.51 Å². The summed E-state index contributed by atoms with van der Waals surface area (Å²) in [5.41, 5.74) is -4.45. The van der Waals surface area contributed by atoms with Crippen molar-refractivity contribution in [1.29, 1.82) is 0 Å². The molecule has 1 N–H and O–H groups in total. The number of thiazole rings is 1. The van der Waals surface area contributed by atoms with Gasteiger partial charge in [-0.3, -0.25) is 14.6 Å². The summed E-state index contributed by atoms with van der Waals surface area (Å²) in [5.74, 6) is 1.31. The molecule has 32 heavy (non-hydrogen) atoms. The lowest BCUT2D eigenvalue weighted by atomic mass is 10.3. The van der Waals surface area contributed by atoms with Crippen LogP contribution in [0.25, 0.3) is 10.2 Å². The first-order valence-corrected chi connectivity index (χ1v) is 10.9. The Hall–Kier alpha value is -2.81. The van der Waals surface area contributed by atoms with Crippen LogP contribution in [0.4, 0.5) is 24.1 Å². The Labute approximate surface area is 185 Å². The molecule has 0 fully saturated rings. The first kappa shape index (κ1) is 25.5. The number of benzene rings is 1. The average molecular weight is 493 g/mol. The van der Waals surface area contributed by atoms with Crippen molar-refractivity contribution in [2.24, 2.45) is 0 Å². The van der Waals surface area contributed by atoms with Crippen molar-refractivity contribution in [2.75, 3.05) is 33.6 Å². The minimum atomic E-state index is -6.09. The molecule has 0 unspecified atom stereocenters. The van der Waals surface area contributed by atoms with Gasteiger partial charge in [0.15, 0.2) is 15.2 Å². The Kier molecular flexibility index (Phi) is 7.44. The van der Waals surface area contributed by atoms with Gasteiger partial charge in [0.25, 0.3) is 5.91 Å². The van der Waals surface area contributed by atoms with E-state index in [4.69, 9.17) is 17.7 Å². The fourth-order valence-corrected chi connectivity index (χ4v) is 3.06. The number of pyridine rings is 1. The number of alkyl halides is 3. The summed E-state index contributed by atoms with van der Waals surface area (Å²) < 4.78 is 65.6. The SMILES string of the molecule is COc1ccc2nc(NC(=O)c3cccc([N+](C)(C)C)n3)sc2c1.O=S(=O)([O-])C(F)(F)F. The van der Waals surface area contributed by atoms with Crippen molar-refractivity contribution < 1.29 is 35.7 Å². The minimum absolute atomic E-state index is 0.267. The first-order chi connectivity index (χ1) is 14.6. The van der Waals surface area contributed by atoms with E-state index >= 15 is 0 Å². The molecule has 0 bridgehead atoms. The molecule has 2 aromatic heterocycles. The fraction of sp³-hybridized carbons (Fsp3) is 0.278. The molecular weight excluding hydrogens is 473 g/mol. The molecule has 174 valence electrons. The smallest absolute Gasteiger partial charge is 0.485 e. The fourth-order valence-electron chi connectivity index (χ4n) is 2.17. The highest BCUT2D eigenvalue weighted by Gasteiger charge is 2.36. The predicted molar refractivity (Wildman–Crippen MR) is 114 cm³/mol. The van der Waals surface area contributed by atoms with Gasteiger partial charge in [-0.1, -0.05) is 17.4 Å². The summed E-state index contributed by atoms with van der Waals surface area (Å²) in [4.78, 5) is 21.3. The van der Waals surface area contributed by atoms with E-state index in [1.807, 2.05) is 51.5 Å². The third-order valence-electron chi connectivity index (χ3n) is 3.75. The highest BCUT2D eigenvalue weighted by Crippen LogP contribution is 2.29. The van der Waals surface area contributed by atoms with E-state index in [0.29, 0.717) is 15.3 Å². The Balaban J connectivity index is 0.000000390. The van der Waals surface area contributed by atoms with Gasteiger partial charge in [0.2, 0.25) is 5.82 Å². The molecule has 3 aromatic rings. The monoisotopic (exact) mass is 492 g/mol. The summed E-state index contributed by atoms with van der Waals surface area (Å²) in [6.45, 7) is 0. The summed E-state index contributed by atoms with van der Waals surface area (Å²) in [6, 6.07) is 11.1. The maximum absolute atomic E-state index is 12.5. The second kappa shape index (κ2) is 9.36. The van der Waals surface area contributed by atoms with E-state index in [0.717, 1.165) is 21.8 Å². The molecule has 2 heterocycles. The van der Waals surface area contributed by atoms with Crippen LogP contribution in [0.3, 0.4) is 0 Å². The van der Waals surface area contributed by atoms with Gasteiger partial charge in [-0.15, -0.1) is 0 Å². The highest BCUT2D eigenvalue weighted by atomic mass is 32.2. The van der Waals surface area contributed by atoms with Crippen LogP contribution in [0.1, 0.15) is 10.5 Å². The van der Waals surface area contributed by atoms with Gasteiger partial charge in [0.1, 0.15) is 11.4 Å². The van der Waals surface area contributed by atoms with E-state index in [1.165, 1.54) is 11.3 Å². The van der Waals surface area contributed by atoms with E-state index in [2.05, 4.69) is 15.3 Å². The number of hydrogen-bond acceptors (Lipinski definition) is 8. The van der Waals surface area contributed by atoms with Crippen LogP contribution in [0.15, 0.2) is 36.4 Å². The Morgan fingerprint density at radius 2 is 1.78 bits per heavy atom. The van der Waals surface area contributed by atoms with Gasteiger partial charge < -0.3 is 9.29 Å². The van der Waals surface area contributed by atoms with Gasteiger partial charge in [-0.2, -0.15) is 18.2 Å². The van der Waals surface area contributed by atoms with E-state index in [-0.39, 0.29) is 5.91 Å². The summed E-state index contributed by atoms with van der Waals surface area (Å²) >= 11 is 1.40. The van der Waals surface area contributed by atoms with Gasteiger partial charge in [-0.25, -0.2) is 13.4 Å². The van der Waals surface area contributed by atoms with Crippen molar-refractivity contribution in [3.63, 3.8) is 0 Å². The topological polar surface area (TPSA) is 121 Å². The lowest BCUT2D eigenvalue weighted by Gasteiger charge is -2.21. The number of ether oxygens (including phenoxy) is 1. The maximum atomic E-state index is 12.5. The molecule has 1 aromatic carbocycles. The number of carbonyl (C=O) groups is 1. The molecule has 0 atom stereocenters. The number of methoxy groups -OCH3 is 1. The van der Waals surface area contributed by atoms with Crippen molar-refractivity contribution in [3.8, 4) is 5.75 Å². The number of rotatable bonds is 4. The predicted octanol–water partition coefficient (Wildman–Crippen LogP) is 3.20. The molecule has 3 rings (SSSR count). The summed E-state index contributed by atoms with van der Waals surface area (Å²) in [5, 5.41) is 3.36. The number of amides is 1. The lowest BCUT2D eigenvalue weighted by molar-refractivity contribution is -0.0517. The maximum Gasteiger partial charge on any atom is 0.485 e. The number of hydrogen-bond donors (Lipinski definition) is 1. The van der Waals surface area contributed by atoms with Gasteiger partial charge in [0.05, 0.1) is 38.5 Å². The number of aromatic nitrogens is 2. The van der Waals surface area contributed by atoms with E-state index < -0.39 is 15.6 Å². The Morgan fingerprint density at radius 1 is 1.16 bits per heavy atom. The number of carbonyl (C=O) groups excluding carboxylic acids is 1. The van der Waals surface area contributed by atoms with Crippen LogP contribution >= 0.6 is 11.3 Å². The normalized spacial score (nSPS) is 12.1. The van der Waals surface area contributed by atoms with Crippen molar-refractivity contribution in [1.82, 2.24) is 14.5 Å². The number of nitrogens with zero attached hydrogens (tertiary/aromatic N) is 3. The van der Waals surface area contributed by atoms with Crippen LogP contribution in [0, 0.1) is 0 Å². The molecule has 0 aliphatic carbocycles. The van der Waals surface area contributed by atoms with Crippen LogP contribution in [0.5, 0.6) is 5.75 Å². The van der Waals surface area contributed by atoms with Crippen molar-refractivity contribution in [3.05, 3.63) is 42.1 Å². The summed E-state index contributed by atoms with van der Waals surface area (Å²) in [6.07, 6.45) is 0. The van der Waals surface area contributed by atoms with Crippen LogP contribution < -0.4 is 14.5 Å². The third-order valence-corrected chi connectivity index (χ3v) is 5.25. The molecule has 0 saturated heterocycles. The highest BCUT2D eigenvalue weighted by molar-refractivity contribution is 7.86. The number of fused-ring (bicyclic) bond motifs is 1. The number of anilines is 1. The molecule has 14 heteroatoms. The number of quaternary nitrogens is 1. The largest absolute Gasteiger partial charge is 0.741 e. The average Bonchev–Trinajstić information content (AvgIpc) is 3.07. The second-order valence-electron chi connectivity index (χ2n) is 7.10. The zero-order valence-corrected chi connectivity index (χ0v) is 18.9. The zero-order chi connectivity index (χ0) is 24.3. The van der Waals surface area contributed by atoms with Gasteiger partial charge >= 0.3 is 5.51 Å². The molecule has 0 aliphatic rings. The molecular formula is C18H19F3N4O5S2. The molecule has 0 aliphatic heterocycles. The molecule has 9 nitrogen and oxygen atoms in total. The lowest BCUT2D eigenvalue weighted by Crippen LogP contribution is -2.36. The third kappa shape index (κ3) is 6.59.